The van der Waals surface area contributed by atoms with Crippen LogP contribution in [-0.4, -0.2) is 68.9 Å². The lowest BCUT2D eigenvalue weighted by molar-refractivity contribution is -0.143. The summed E-state index contributed by atoms with van der Waals surface area (Å²) in [5.41, 5.74) is 0.784. The quantitative estimate of drug-likeness (QED) is 0.333. The van der Waals surface area contributed by atoms with Gasteiger partial charge < -0.3 is 30.4 Å². The molecule has 35 heavy (non-hydrogen) atoms. The second-order valence-corrected chi connectivity index (χ2v) is 13.9. The Bertz CT molecular complexity index is 1120. The van der Waals surface area contributed by atoms with Crippen molar-refractivity contribution >= 4 is 31.5 Å². The minimum absolute atomic E-state index is 0.00891. The number of aryl methyl sites for hydroxylation is 1. The van der Waals surface area contributed by atoms with Crippen LogP contribution >= 0.6 is 0 Å². The van der Waals surface area contributed by atoms with E-state index in [1.807, 2.05) is 20.0 Å². The molecule has 11 nitrogen and oxygen atoms in total. The number of rotatable bonds is 8. The van der Waals surface area contributed by atoms with Gasteiger partial charge in [0, 0.05) is 54.2 Å². The number of benzene rings is 1. The molecule has 5 atom stereocenters. The highest BCUT2D eigenvalue weighted by Gasteiger charge is 2.64. The Balaban J connectivity index is 1.65. The molecule has 1 saturated heterocycles. The van der Waals surface area contributed by atoms with E-state index in [0.717, 1.165) is 0 Å². The number of fused-ring (bicyclic) bond motifs is 2. The van der Waals surface area contributed by atoms with Gasteiger partial charge in [0.1, 0.15) is 6.10 Å². The number of amides is 2. The average molecular weight is 504 g/mol. The van der Waals surface area contributed by atoms with Crippen molar-refractivity contribution in [3.8, 4) is 0 Å². The standard InChI is InChI=1S/C23H33N5O6Si/c1-13-20(35(3,4)33)19(7-9-28-12-16(8-10-29)26-27-28)34-23(13)17-11-15(24-21(31)14(2)30)5-6-18(17)25-22(23)32/h5-6,11-14,19-20,29-30,33H,7-10H2,1-4H3,(H,24,31)(H,25,32)/t13-,14+,19+,20-,23+/m1/s1. The van der Waals surface area contributed by atoms with Crippen LogP contribution < -0.4 is 10.6 Å². The van der Waals surface area contributed by atoms with Crippen molar-refractivity contribution in [2.75, 3.05) is 17.2 Å². The molecule has 2 aromatic rings. The summed E-state index contributed by atoms with van der Waals surface area (Å²) in [4.78, 5) is 36.6. The van der Waals surface area contributed by atoms with E-state index in [0.29, 0.717) is 42.0 Å². The van der Waals surface area contributed by atoms with Crippen molar-refractivity contribution in [2.45, 2.75) is 69.7 Å². The van der Waals surface area contributed by atoms with E-state index in [4.69, 9.17) is 9.84 Å². The Morgan fingerprint density at radius 1 is 1.40 bits per heavy atom. The zero-order chi connectivity index (χ0) is 25.5. The number of carbonyl (C=O) groups is 2. The van der Waals surface area contributed by atoms with Gasteiger partial charge in [0.2, 0.25) is 0 Å². The number of hydrogen-bond acceptors (Lipinski definition) is 8. The van der Waals surface area contributed by atoms with E-state index in [-0.39, 0.29) is 24.0 Å². The summed E-state index contributed by atoms with van der Waals surface area (Å²) in [5.74, 6) is -1.18. The Hall–Kier alpha value is -2.64. The highest BCUT2D eigenvalue weighted by Crippen LogP contribution is 2.58. The zero-order valence-corrected chi connectivity index (χ0v) is 21.4. The smallest absolute Gasteiger partial charge is 0.261 e. The third-order valence-electron chi connectivity index (χ3n) is 6.98. The van der Waals surface area contributed by atoms with E-state index >= 15 is 0 Å². The molecule has 190 valence electrons. The average Bonchev–Trinajstić information content (AvgIpc) is 3.42. The maximum atomic E-state index is 13.4. The summed E-state index contributed by atoms with van der Waals surface area (Å²) in [6.45, 7) is 7.48. The van der Waals surface area contributed by atoms with Crippen LogP contribution in [0.5, 0.6) is 0 Å². The van der Waals surface area contributed by atoms with Gasteiger partial charge in [-0.2, -0.15) is 0 Å². The van der Waals surface area contributed by atoms with E-state index in [1.54, 1.807) is 29.1 Å². The maximum absolute atomic E-state index is 13.4. The molecular formula is C23H33N5O6Si. The van der Waals surface area contributed by atoms with Crippen molar-refractivity contribution in [3.05, 3.63) is 35.7 Å². The molecule has 2 aliphatic rings. The molecule has 1 aromatic carbocycles. The summed E-state index contributed by atoms with van der Waals surface area (Å²) in [6, 6.07) is 5.07. The number of hydrogen-bond donors (Lipinski definition) is 5. The normalized spacial score (nSPS) is 26.6. The first-order chi connectivity index (χ1) is 16.5. The van der Waals surface area contributed by atoms with E-state index in [9.17, 15) is 19.5 Å². The number of ether oxygens (including phenoxy) is 1. The lowest BCUT2D eigenvalue weighted by Gasteiger charge is -2.32. The molecule has 0 aliphatic carbocycles. The first kappa shape index (κ1) is 25.4. The van der Waals surface area contributed by atoms with Crippen LogP contribution in [0.1, 0.15) is 31.5 Å². The van der Waals surface area contributed by atoms with Crippen molar-refractivity contribution < 1.29 is 29.3 Å². The zero-order valence-electron chi connectivity index (χ0n) is 20.4. The van der Waals surface area contributed by atoms with Crippen molar-refractivity contribution in [1.29, 1.82) is 0 Å². The van der Waals surface area contributed by atoms with Crippen molar-refractivity contribution in [2.24, 2.45) is 5.92 Å². The van der Waals surface area contributed by atoms with E-state index < -0.39 is 32.0 Å². The van der Waals surface area contributed by atoms with Crippen molar-refractivity contribution in [3.63, 3.8) is 0 Å². The lowest BCUT2D eigenvalue weighted by Crippen LogP contribution is -2.43. The van der Waals surface area contributed by atoms with Gasteiger partial charge in [-0.25, -0.2) is 0 Å². The molecule has 2 aliphatic heterocycles. The monoisotopic (exact) mass is 503 g/mol. The molecule has 1 fully saturated rings. The van der Waals surface area contributed by atoms with E-state index in [2.05, 4.69) is 20.9 Å². The summed E-state index contributed by atoms with van der Waals surface area (Å²) < 4.78 is 8.26. The lowest BCUT2D eigenvalue weighted by atomic mass is 9.82. The molecule has 0 bridgehead atoms. The number of anilines is 2. The van der Waals surface area contributed by atoms with Gasteiger partial charge in [-0.1, -0.05) is 12.1 Å². The fraction of sp³-hybridized carbons (Fsp3) is 0.565. The first-order valence-corrected chi connectivity index (χ1v) is 14.8. The summed E-state index contributed by atoms with van der Waals surface area (Å²) in [5, 5.41) is 32.4. The molecular weight excluding hydrogens is 470 g/mol. The van der Waals surface area contributed by atoms with Crippen LogP contribution in [-0.2, 0) is 32.9 Å². The topological polar surface area (TPSA) is 159 Å². The third kappa shape index (κ3) is 4.64. The second kappa shape index (κ2) is 9.43. The molecule has 2 amide bonds. The fourth-order valence-electron chi connectivity index (χ4n) is 5.43. The molecule has 0 saturated carbocycles. The first-order valence-electron chi connectivity index (χ1n) is 11.8. The van der Waals surface area contributed by atoms with E-state index in [1.165, 1.54) is 6.92 Å². The van der Waals surface area contributed by atoms with Crippen LogP contribution in [0.3, 0.4) is 0 Å². The number of aromatic nitrogens is 3. The third-order valence-corrected chi connectivity index (χ3v) is 9.49. The maximum Gasteiger partial charge on any atom is 0.261 e. The number of aliphatic hydroxyl groups excluding tert-OH is 2. The van der Waals surface area contributed by atoms with Gasteiger partial charge >= 0.3 is 0 Å². The minimum Gasteiger partial charge on any atom is -0.432 e. The van der Waals surface area contributed by atoms with Gasteiger partial charge in [-0.05, 0) is 44.6 Å². The van der Waals surface area contributed by atoms with Gasteiger partial charge in [0.05, 0.1) is 11.8 Å². The molecule has 0 unspecified atom stereocenters. The molecule has 0 radical (unpaired) electrons. The SMILES string of the molecule is C[C@H](O)C(=O)Nc1ccc2c(c1)[C@]1(O[C@@H](CCn3cc(CCO)nn3)[C@H]([Si](C)(C)O)[C@H]1C)C(=O)N2. The van der Waals surface area contributed by atoms with Gasteiger partial charge in [0.25, 0.3) is 11.8 Å². The largest absolute Gasteiger partial charge is 0.432 e. The minimum atomic E-state index is -2.78. The number of aliphatic hydroxyl groups is 2. The highest BCUT2D eigenvalue weighted by atomic mass is 28.4. The Labute approximate surface area is 204 Å². The van der Waals surface area contributed by atoms with Gasteiger partial charge in [0.15, 0.2) is 13.9 Å². The van der Waals surface area contributed by atoms with Crippen LogP contribution in [0.4, 0.5) is 11.4 Å². The molecule has 1 spiro atoms. The molecule has 4 rings (SSSR count). The Kier molecular flexibility index (Phi) is 6.86. The predicted octanol–water partition coefficient (Wildman–Crippen LogP) is 0.972. The Morgan fingerprint density at radius 2 is 2.14 bits per heavy atom. The van der Waals surface area contributed by atoms with Crippen molar-refractivity contribution in [1.82, 2.24) is 15.0 Å². The van der Waals surface area contributed by atoms with Crippen LogP contribution in [0, 0.1) is 5.92 Å². The second-order valence-electron chi connectivity index (χ2n) is 9.98. The Morgan fingerprint density at radius 3 is 2.80 bits per heavy atom. The number of carbonyl (C=O) groups excluding carboxylic acids is 2. The van der Waals surface area contributed by atoms with Gasteiger partial charge in [-0.15, -0.1) is 5.10 Å². The number of nitrogens with zero attached hydrogens (tertiary/aromatic N) is 3. The molecule has 3 heterocycles. The summed E-state index contributed by atoms with van der Waals surface area (Å²) >= 11 is 0. The molecule has 1 aromatic heterocycles. The number of nitrogens with one attached hydrogen (secondary N) is 2. The van der Waals surface area contributed by atoms with Gasteiger partial charge in [-0.3, -0.25) is 14.3 Å². The highest BCUT2D eigenvalue weighted by molar-refractivity contribution is 6.71. The predicted molar refractivity (Wildman–Crippen MR) is 130 cm³/mol. The summed E-state index contributed by atoms with van der Waals surface area (Å²) in [6.07, 6.45) is 1.12. The van der Waals surface area contributed by atoms with Crippen LogP contribution in [0.15, 0.2) is 24.4 Å². The molecule has 5 N–H and O–H groups in total. The van der Waals surface area contributed by atoms with Crippen LogP contribution in [0.2, 0.25) is 18.6 Å². The summed E-state index contributed by atoms with van der Waals surface area (Å²) in [7, 11) is -2.78. The van der Waals surface area contributed by atoms with Crippen LogP contribution in [0.25, 0.3) is 0 Å². The fourth-order valence-corrected chi connectivity index (χ4v) is 8.03. The molecule has 12 heteroatoms.